The van der Waals surface area contributed by atoms with Gasteiger partial charge in [-0.2, -0.15) is 19.8 Å². The molecule has 0 aliphatic rings. The Bertz CT molecular complexity index is 1390. The van der Waals surface area contributed by atoms with E-state index in [4.69, 9.17) is 10.5 Å². The summed E-state index contributed by atoms with van der Waals surface area (Å²) in [5, 5.41) is 17.6. The molecule has 2 aromatic carbocycles. The summed E-state index contributed by atoms with van der Waals surface area (Å²) in [4.78, 5) is 17.4. The van der Waals surface area contributed by atoms with Crippen LogP contribution in [0.25, 0.3) is 10.2 Å². The summed E-state index contributed by atoms with van der Waals surface area (Å²) in [5.41, 5.74) is 1.18. The van der Waals surface area contributed by atoms with Crippen LogP contribution in [0.4, 0.5) is 0 Å². The number of hydrogen-bond acceptors (Lipinski definition) is 6. The van der Waals surface area contributed by atoms with Crippen molar-refractivity contribution in [3.63, 3.8) is 0 Å². The molecule has 164 valence electrons. The van der Waals surface area contributed by atoms with Crippen molar-refractivity contribution in [3.05, 3.63) is 57.3 Å². The van der Waals surface area contributed by atoms with E-state index in [2.05, 4.69) is 20.9 Å². The Labute approximate surface area is 197 Å². The number of sulfonamides is 1. The zero-order chi connectivity index (χ0) is 23.3. The van der Waals surface area contributed by atoms with Crippen LogP contribution in [0.5, 0.6) is 0 Å². The topological polar surface area (TPSA) is 119 Å². The van der Waals surface area contributed by atoms with E-state index < -0.39 is 15.9 Å². The average Bonchev–Trinajstić information content (AvgIpc) is 3.10. The first-order valence-electron chi connectivity index (χ1n) is 9.47. The summed E-state index contributed by atoms with van der Waals surface area (Å²) >= 11 is 4.88. The van der Waals surface area contributed by atoms with Gasteiger partial charge < -0.3 is 4.57 Å². The lowest BCUT2D eigenvalue weighted by Gasteiger charge is -2.20. The molecule has 0 saturated heterocycles. The number of nitrogens with zero attached hydrogens (tertiary/aromatic N) is 5. The molecule has 8 nitrogen and oxygen atoms in total. The lowest BCUT2D eigenvalue weighted by molar-refractivity contribution is 0.0998. The molecule has 3 rings (SSSR count). The van der Waals surface area contributed by atoms with E-state index in [1.54, 1.807) is 0 Å². The largest absolute Gasteiger partial charge is 0.318 e. The minimum atomic E-state index is -3.89. The van der Waals surface area contributed by atoms with E-state index in [1.807, 2.05) is 42.0 Å². The first-order chi connectivity index (χ1) is 15.3. The highest BCUT2D eigenvalue weighted by molar-refractivity contribution is 9.10. The number of carbonyl (C=O) groups is 1. The molecule has 0 N–H and O–H groups in total. The number of para-hydroxylation sites is 1. The summed E-state index contributed by atoms with van der Waals surface area (Å²) in [6, 6.07) is 15.1. The van der Waals surface area contributed by atoms with Gasteiger partial charge in [0.05, 0.1) is 27.3 Å². The quantitative estimate of drug-likeness (QED) is 0.461. The third-order valence-corrected chi connectivity index (χ3v) is 8.31. The molecule has 0 unspecified atom stereocenters. The van der Waals surface area contributed by atoms with E-state index in [9.17, 15) is 13.2 Å². The van der Waals surface area contributed by atoms with Gasteiger partial charge in [-0.3, -0.25) is 4.79 Å². The van der Waals surface area contributed by atoms with Crippen LogP contribution in [0.1, 0.15) is 23.2 Å². The molecule has 0 aliphatic carbocycles. The van der Waals surface area contributed by atoms with E-state index in [-0.39, 0.29) is 36.4 Å². The van der Waals surface area contributed by atoms with Crippen LogP contribution in [0.15, 0.2) is 56.8 Å². The summed E-state index contributed by atoms with van der Waals surface area (Å²) in [6.07, 6.45) is 0.0326. The van der Waals surface area contributed by atoms with Crippen molar-refractivity contribution in [2.45, 2.75) is 17.7 Å². The number of aryl methyl sites for hydroxylation is 1. The fraction of sp³-hybridized carbons (Fsp3) is 0.238. The Hall–Kier alpha value is -2.83. The van der Waals surface area contributed by atoms with Gasteiger partial charge >= 0.3 is 0 Å². The predicted molar refractivity (Wildman–Crippen MR) is 124 cm³/mol. The minimum absolute atomic E-state index is 0.00543. The van der Waals surface area contributed by atoms with Gasteiger partial charge in [-0.15, -0.1) is 0 Å². The molecule has 1 heterocycles. The van der Waals surface area contributed by atoms with Gasteiger partial charge in [0.25, 0.3) is 5.91 Å². The molecule has 0 radical (unpaired) electrons. The Morgan fingerprint density at radius 3 is 2.31 bits per heavy atom. The lowest BCUT2D eigenvalue weighted by atomic mass is 10.2. The predicted octanol–water partition coefficient (Wildman–Crippen LogP) is 3.56. The molecule has 11 heteroatoms. The molecular weight excluding hydrogens is 514 g/mol. The van der Waals surface area contributed by atoms with Crippen LogP contribution >= 0.6 is 27.3 Å². The van der Waals surface area contributed by atoms with Crippen molar-refractivity contribution >= 4 is 53.4 Å². The van der Waals surface area contributed by atoms with Crippen LogP contribution in [-0.4, -0.2) is 36.3 Å². The van der Waals surface area contributed by atoms with Gasteiger partial charge in [0, 0.05) is 43.0 Å². The van der Waals surface area contributed by atoms with Gasteiger partial charge in [0.15, 0.2) is 4.80 Å². The average molecular weight is 532 g/mol. The first-order valence-corrected chi connectivity index (χ1v) is 12.5. The molecule has 3 aromatic rings. The van der Waals surface area contributed by atoms with Crippen LogP contribution < -0.4 is 4.80 Å². The van der Waals surface area contributed by atoms with E-state index in [0.717, 1.165) is 19.0 Å². The summed E-state index contributed by atoms with van der Waals surface area (Å²) < 4.78 is 30.6. The molecule has 0 bridgehead atoms. The number of aromatic nitrogens is 1. The highest BCUT2D eigenvalue weighted by Crippen LogP contribution is 2.25. The maximum atomic E-state index is 12.9. The molecule has 32 heavy (non-hydrogen) atoms. The number of benzene rings is 2. The fourth-order valence-electron chi connectivity index (χ4n) is 3.04. The summed E-state index contributed by atoms with van der Waals surface area (Å²) in [7, 11) is -2.07. The van der Waals surface area contributed by atoms with Gasteiger partial charge in [-0.1, -0.05) is 17.4 Å². The normalized spacial score (nSPS) is 12.1. The minimum Gasteiger partial charge on any atom is -0.318 e. The van der Waals surface area contributed by atoms with Crippen molar-refractivity contribution in [2.75, 3.05) is 13.1 Å². The number of rotatable bonds is 7. The van der Waals surface area contributed by atoms with Crippen molar-refractivity contribution in [2.24, 2.45) is 12.0 Å². The van der Waals surface area contributed by atoms with E-state index >= 15 is 0 Å². The van der Waals surface area contributed by atoms with Crippen LogP contribution in [0, 0.1) is 22.7 Å². The Kier molecular flexibility index (Phi) is 7.59. The molecule has 0 atom stereocenters. The van der Waals surface area contributed by atoms with Crippen LogP contribution in [0.3, 0.4) is 0 Å². The molecule has 0 aliphatic heterocycles. The standard InChI is InChI=1S/C21H18BrN5O3S2/c1-26-19-17(22)5-2-6-18(19)31-21(26)25-20(28)15-7-9-16(10-8-15)32(29,30)27(13-3-11-23)14-4-12-24/h2,5-10H,3-4,13-14H2,1H3. The van der Waals surface area contributed by atoms with E-state index in [0.29, 0.717) is 4.80 Å². The smallest absolute Gasteiger partial charge is 0.279 e. The molecule has 0 saturated carbocycles. The number of fused-ring (bicyclic) bond motifs is 1. The number of thiazole rings is 1. The van der Waals surface area contributed by atoms with Gasteiger partial charge in [-0.25, -0.2) is 8.42 Å². The second kappa shape index (κ2) is 10.2. The number of amides is 1. The fourth-order valence-corrected chi connectivity index (χ4v) is 6.28. The van der Waals surface area contributed by atoms with Crippen LogP contribution in [0.2, 0.25) is 0 Å². The molecule has 0 fully saturated rings. The lowest BCUT2D eigenvalue weighted by Crippen LogP contribution is -2.32. The maximum Gasteiger partial charge on any atom is 0.279 e. The SMILES string of the molecule is Cn1c(=NC(=O)c2ccc(S(=O)(=O)N(CCC#N)CCC#N)cc2)sc2cccc(Br)c21. The number of nitriles is 2. The third-order valence-electron chi connectivity index (χ3n) is 4.66. The summed E-state index contributed by atoms with van der Waals surface area (Å²) in [5.74, 6) is -0.488. The zero-order valence-electron chi connectivity index (χ0n) is 17.0. The second-order valence-electron chi connectivity index (χ2n) is 6.69. The van der Waals surface area contributed by atoms with Gasteiger partial charge in [0.2, 0.25) is 10.0 Å². The van der Waals surface area contributed by atoms with Crippen LogP contribution in [-0.2, 0) is 17.1 Å². The maximum absolute atomic E-state index is 12.9. The van der Waals surface area contributed by atoms with Crippen molar-refractivity contribution in [3.8, 4) is 12.1 Å². The Balaban J connectivity index is 1.90. The van der Waals surface area contributed by atoms with Gasteiger partial charge in [-0.05, 0) is 52.3 Å². The molecule has 1 amide bonds. The zero-order valence-corrected chi connectivity index (χ0v) is 20.2. The summed E-state index contributed by atoms with van der Waals surface area (Å²) in [6.45, 7) is -0.0109. The molecule has 1 aromatic heterocycles. The van der Waals surface area contributed by atoms with Gasteiger partial charge in [0.1, 0.15) is 0 Å². The Morgan fingerprint density at radius 2 is 1.75 bits per heavy atom. The van der Waals surface area contributed by atoms with Crippen molar-refractivity contribution in [1.29, 1.82) is 10.5 Å². The first kappa shape index (κ1) is 23.8. The number of halogens is 1. The molecular formula is C21H18BrN5O3S2. The highest BCUT2D eigenvalue weighted by atomic mass is 79.9. The number of hydrogen-bond donors (Lipinski definition) is 0. The number of carbonyl (C=O) groups excluding carboxylic acids is 1. The highest BCUT2D eigenvalue weighted by Gasteiger charge is 2.24. The van der Waals surface area contributed by atoms with Crippen molar-refractivity contribution in [1.82, 2.24) is 8.87 Å². The Morgan fingerprint density at radius 1 is 1.12 bits per heavy atom. The van der Waals surface area contributed by atoms with Crippen molar-refractivity contribution < 1.29 is 13.2 Å². The molecule has 0 spiro atoms. The van der Waals surface area contributed by atoms with E-state index in [1.165, 1.54) is 35.6 Å². The third kappa shape index (κ3) is 4.97. The second-order valence-corrected chi connectivity index (χ2v) is 10.5. The monoisotopic (exact) mass is 531 g/mol.